The zero-order valence-corrected chi connectivity index (χ0v) is 11.5. The Morgan fingerprint density at radius 2 is 2.17 bits per heavy atom. The van der Waals surface area contributed by atoms with Crippen LogP contribution >= 0.6 is 11.3 Å². The predicted octanol–water partition coefficient (Wildman–Crippen LogP) is 1.96. The number of Topliss-reactive ketones (excluding diaryl/α,β-unsaturated/α-hetero) is 1. The molecule has 1 saturated heterocycles. The summed E-state index contributed by atoms with van der Waals surface area (Å²) in [5, 5.41) is 9.94. The molecule has 0 spiro atoms. The minimum atomic E-state index is -0.773. The van der Waals surface area contributed by atoms with Gasteiger partial charge in [-0.05, 0) is 20.3 Å². The molecule has 2 rings (SSSR count). The van der Waals surface area contributed by atoms with E-state index >= 15 is 0 Å². The molecule has 6 heteroatoms. The van der Waals surface area contributed by atoms with Gasteiger partial charge in [-0.1, -0.05) is 0 Å². The highest BCUT2D eigenvalue weighted by Gasteiger charge is 2.41. The maximum absolute atomic E-state index is 11.4. The lowest BCUT2D eigenvalue weighted by Gasteiger charge is -2.19. The first-order valence-electron chi connectivity index (χ1n) is 5.80. The highest BCUT2D eigenvalue weighted by molar-refractivity contribution is 7.15. The molecular weight excluding hydrogens is 252 g/mol. The second-order valence-electron chi connectivity index (χ2n) is 4.99. The Bertz CT molecular complexity index is 511. The maximum atomic E-state index is 11.4. The fourth-order valence-corrected chi connectivity index (χ4v) is 3.13. The highest BCUT2D eigenvalue weighted by atomic mass is 32.1. The Kier molecular flexibility index (Phi) is 3.14. The smallest absolute Gasteiger partial charge is 0.311 e. The van der Waals surface area contributed by atoms with Crippen molar-refractivity contribution < 1.29 is 14.7 Å². The van der Waals surface area contributed by atoms with E-state index in [1.807, 2.05) is 11.8 Å². The molecule has 0 amide bonds. The molecule has 1 fully saturated rings. The number of carbonyl (C=O) groups is 2. The zero-order chi connectivity index (χ0) is 13.5. The van der Waals surface area contributed by atoms with Gasteiger partial charge in [0.25, 0.3) is 0 Å². The van der Waals surface area contributed by atoms with Crippen molar-refractivity contribution in [3.05, 3.63) is 10.6 Å². The average molecular weight is 268 g/mol. The average Bonchev–Trinajstić information content (AvgIpc) is 2.83. The van der Waals surface area contributed by atoms with Crippen molar-refractivity contribution in [3.8, 4) is 0 Å². The molecule has 2 heterocycles. The number of aryl methyl sites for hydroxylation is 1. The van der Waals surface area contributed by atoms with E-state index in [1.165, 1.54) is 18.3 Å². The van der Waals surface area contributed by atoms with Gasteiger partial charge in [0.05, 0.1) is 5.41 Å². The van der Waals surface area contributed by atoms with E-state index in [2.05, 4.69) is 4.98 Å². The topological polar surface area (TPSA) is 70.5 Å². The third-order valence-electron chi connectivity index (χ3n) is 3.38. The Morgan fingerprint density at radius 1 is 1.50 bits per heavy atom. The van der Waals surface area contributed by atoms with E-state index < -0.39 is 11.4 Å². The number of aliphatic carboxylic acids is 1. The van der Waals surface area contributed by atoms with Gasteiger partial charge in [0.15, 0.2) is 10.9 Å². The maximum Gasteiger partial charge on any atom is 0.311 e. The molecule has 0 saturated carbocycles. The summed E-state index contributed by atoms with van der Waals surface area (Å²) in [6, 6.07) is 0. The van der Waals surface area contributed by atoms with Crippen LogP contribution in [0.1, 0.15) is 35.6 Å². The second kappa shape index (κ2) is 4.35. The number of anilines is 1. The van der Waals surface area contributed by atoms with E-state index in [0.29, 0.717) is 25.2 Å². The summed E-state index contributed by atoms with van der Waals surface area (Å²) >= 11 is 1.45. The van der Waals surface area contributed by atoms with E-state index in [9.17, 15) is 14.7 Å². The van der Waals surface area contributed by atoms with E-state index in [1.54, 1.807) is 6.92 Å². The molecule has 1 aliphatic heterocycles. The molecule has 0 radical (unpaired) electrons. The van der Waals surface area contributed by atoms with Gasteiger partial charge in [0, 0.05) is 24.9 Å². The molecule has 1 aromatic rings. The van der Waals surface area contributed by atoms with Gasteiger partial charge in [-0.2, -0.15) is 0 Å². The number of thiazole rings is 1. The van der Waals surface area contributed by atoms with Crippen LogP contribution in [0.4, 0.5) is 5.13 Å². The van der Waals surface area contributed by atoms with Crippen LogP contribution in [0.15, 0.2) is 0 Å². The summed E-state index contributed by atoms with van der Waals surface area (Å²) in [7, 11) is 0. The van der Waals surface area contributed by atoms with E-state index in [4.69, 9.17) is 0 Å². The molecule has 0 aromatic carbocycles. The third kappa shape index (κ3) is 2.12. The summed E-state index contributed by atoms with van der Waals surface area (Å²) in [5.41, 5.74) is -0.213. The van der Waals surface area contributed by atoms with Crippen molar-refractivity contribution in [1.29, 1.82) is 0 Å². The molecule has 1 unspecified atom stereocenters. The number of nitrogens with zero attached hydrogens (tertiary/aromatic N) is 2. The van der Waals surface area contributed by atoms with Crippen molar-refractivity contribution in [2.75, 3.05) is 18.0 Å². The number of carbonyl (C=O) groups excluding carboxylic acids is 1. The highest BCUT2D eigenvalue weighted by Crippen LogP contribution is 2.36. The molecule has 1 aromatic heterocycles. The number of hydrogen-bond acceptors (Lipinski definition) is 5. The lowest BCUT2D eigenvalue weighted by Crippen LogP contribution is -2.31. The van der Waals surface area contributed by atoms with Gasteiger partial charge in [-0.25, -0.2) is 4.98 Å². The fourth-order valence-electron chi connectivity index (χ4n) is 2.14. The lowest BCUT2D eigenvalue weighted by molar-refractivity contribution is -0.146. The SMILES string of the molecule is CC(=O)c1nc(N2CCC(C)(C(=O)O)C2)sc1C. The van der Waals surface area contributed by atoms with Gasteiger partial charge in [-0.3, -0.25) is 9.59 Å². The minimum Gasteiger partial charge on any atom is -0.481 e. The summed E-state index contributed by atoms with van der Waals surface area (Å²) in [4.78, 5) is 29.7. The molecule has 1 atom stereocenters. The Labute approximate surface area is 109 Å². The second-order valence-corrected chi connectivity index (χ2v) is 6.18. The summed E-state index contributed by atoms with van der Waals surface area (Å²) in [6.07, 6.45) is 0.608. The Balaban J connectivity index is 2.22. The van der Waals surface area contributed by atoms with Crippen LogP contribution in [0.2, 0.25) is 0 Å². The van der Waals surface area contributed by atoms with E-state index in [-0.39, 0.29) is 5.78 Å². The van der Waals surface area contributed by atoms with Crippen molar-refractivity contribution in [3.63, 3.8) is 0 Å². The molecule has 5 nitrogen and oxygen atoms in total. The van der Waals surface area contributed by atoms with Gasteiger partial charge in [0.2, 0.25) is 0 Å². The Morgan fingerprint density at radius 3 is 2.61 bits per heavy atom. The zero-order valence-electron chi connectivity index (χ0n) is 10.7. The van der Waals surface area contributed by atoms with Crippen molar-refractivity contribution >= 4 is 28.2 Å². The number of hydrogen-bond donors (Lipinski definition) is 1. The number of carboxylic acid groups (broad SMARTS) is 1. The van der Waals surface area contributed by atoms with Crippen LogP contribution in [0.3, 0.4) is 0 Å². The number of carboxylic acids is 1. The van der Waals surface area contributed by atoms with Crippen molar-refractivity contribution in [2.45, 2.75) is 27.2 Å². The first-order valence-corrected chi connectivity index (χ1v) is 6.62. The largest absolute Gasteiger partial charge is 0.481 e. The predicted molar refractivity (Wildman–Crippen MR) is 69.4 cm³/mol. The summed E-state index contributed by atoms with van der Waals surface area (Å²) in [6.45, 7) is 6.24. The molecule has 0 bridgehead atoms. The van der Waals surface area contributed by atoms with Crippen LogP contribution in [0, 0.1) is 12.3 Å². The lowest BCUT2D eigenvalue weighted by atomic mass is 9.90. The van der Waals surface area contributed by atoms with Crippen molar-refractivity contribution in [2.24, 2.45) is 5.41 Å². The van der Waals surface area contributed by atoms with Gasteiger partial charge in [0.1, 0.15) is 5.69 Å². The summed E-state index contributed by atoms with van der Waals surface area (Å²) in [5.74, 6) is -0.819. The molecule has 1 aliphatic rings. The number of aromatic nitrogens is 1. The number of rotatable bonds is 3. The fraction of sp³-hybridized carbons (Fsp3) is 0.583. The van der Waals surface area contributed by atoms with E-state index in [0.717, 1.165) is 10.0 Å². The number of ketones is 1. The summed E-state index contributed by atoms with van der Waals surface area (Å²) < 4.78 is 0. The first kappa shape index (κ1) is 13.0. The van der Waals surface area contributed by atoms with Crippen LogP contribution in [0.25, 0.3) is 0 Å². The van der Waals surface area contributed by atoms with Crippen LogP contribution in [-0.2, 0) is 4.79 Å². The Hall–Kier alpha value is -1.43. The molecule has 1 N–H and O–H groups in total. The van der Waals surface area contributed by atoms with Crippen LogP contribution in [0.5, 0.6) is 0 Å². The molecule has 0 aliphatic carbocycles. The quantitative estimate of drug-likeness (QED) is 0.848. The van der Waals surface area contributed by atoms with Gasteiger partial charge in [-0.15, -0.1) is 11.3 Å². The molecule has 98 valence electrons. The standard InChI is InChI=1S/C12H16N2O3S/c1-7(15)9-8(2)18-11(13-9)14-5-4-12(3,6-14)10(16)17/h4-6H2,1-3H3,(H,16,17). The van der Waals surface area contributed by atoms with Gasteiger partial charge < -0.3 is 10.0 Å². The van der Waals surface area contributed by atoms with Gasteiger partial charge >= 0.3 is 5.97 Å². The third-order valence-corrected chi connectivity index (χ3v) is 4.41. The van der Waals surface area contributed by atoms with Crippen LogP contribution in [-0.4, -0.2) is 34.9 Å². The molecular formula is C12H16N2O3S. The molecule has 18 heavy (non-hydrogen) atoms. The minimum absolute atomic E-state index is 0.0461. The van der Waals surface area contributed by atoms with Crippen LogP contribution < -0.4 is 4.90 Å². The first-order chi connectivity index (χ1) is 8.33. The normalized spacial score (nSPS) is 23.4. The van der Waals surface area contributed by atoms with Crippen molar-refractivity contribution in [1.82, 2.24) is 4.98 Å². The monoisotopic (exact) mass is 268 g/mol.